The van der Waals surface area contributed by atoms with Gasteiger partial charge >= 0.3 is 0 Å². The lowest BCUT2D eigenvalue weighted by Crippen LogP contribution is -2.33. The van der Waals surface area contributed by atoms with E-state index < -0.39 is 0 Å². The second kappa shape index (κ2) is 4.68. The highest BCUT2D eigenvalue weighted by atomic mass is 15.0. The molecule has 2 rings (SSSR count). The quantitative estimate of drug-likeness (QED) is 0.802. The molecule has 1 saturated carbocycles. The normalized spacial score (nSPS) is 30.0. The molecule has 0 aromatic carbocycles. The van der Waals surface area contributed by atoms with Crippen molar-refractivity contribution in [2.45, 2.75) is 39.2 Å². The second-order valence-corrected chi connectivity index (χ2v) is 4.97. The van der Waals surface area contributed by atoms with E-state index in [-0.39, 0.29) is 0 Å². The van der Waals surface area contributed by atoms with Crippen molar-refractivity contribution in [2.24, 2.45) is 11.8 Å². The largest absolute Gasteiger partial charge is 0.382 e. The van der Waals surface area contributed by atoms with Crippen molar-refractivity contribution < 1.29 is 0 Å². The maximum atomic E-state index is 5.50. The summed E-state index contributed by atoms with van der Waals surface area (Å²) in [5, 5.41) is 3.45. The average Bonchev–Trinajstić information content (AvgIpc) is 2.25. The molecule has 0 radical (unpaired) electrons. The summed E-state index contributed by atoms with van der Waals surface area (Å²) >= 11 is 0. The van der Waals surface area contributed by atoms with E-state index in [0.717, 1.165) is 11.7 Å². The van der Waals surface area contributed by atoms with Crippen molar-refractivity contribution in [3.05, 3.63) is 12.4 Å². The van der Waals surface area contributed by atoms with Gasteiger partial charge in [-0.25, -0.2) is 9.97 Å². The van der Waals surface area contributed by atoms with E-state index in [1.165, 1.54) is 19.3 Å². The first-order chi connectivity index (χ1) is 7.65. The molecule has 4 heteroatoms. The Hall–Kier alpha value is -1.32. The molecule has 4 nitrogen and oxygen atoms in total. The van der Waals surface area contributed by atoms with Crippen molar-refractivity contribution in [3.63, 3.8) is 0 Å². The SMILES string of the molecule is CC1CCC(Nc2cnc(N)cn2)C(C)C1. The lowest BCUT2D eigenvalue weighted by Gasteiger charge is -2.33. The van der Waals surface area contributed by atoms with Crippen LogP contribution >= 0.6 is 0 Å². The van der Waals surface area contributed by atoms with E-state index >= 15 is 0 Å². The number of nitrogens with one attached hydrogen (secondary N) is 1. The van der Waals surface area contributed by atoms with Gasteiger partial charge in [-0.3, -0.25) is 0 Å². The van der Waals surface area contributed by atoms with Gasteiger partial charge in [0, 0.05) is 6.04 Å². The third-order valence-electron chi connectivity index (χ3n) is 3.44. The zero-order chi connectivity index (χ0) is 11.5. The maximum absolute atomic E-state index is 5.50. The number of rotatable bonds is 2. The van der Waals surface area contributed by atoms with Crippen LogP contribution in [0.2, 0.25) is 0 Å². The molecule has 0 bridgehead atoms. The summed E-state index contributed by atoms with van der Waals surface area (Å²) in [6.45, 7) is 4.63. The number of nitrogen functional groups attached to an aromatic ring is 1. The van der Waals surface area contributed by atoms with Crippen LogP contribution in [0.1, 0.15) is 33.1 Å². The van der Waals surface area contributed by atoms with Gasteiger partial charge in [0.05, 0.1) is 12.4 Å². The number of anilines is 2. The Kier molecular flexibility index (Phi) is 3.27. The summed E-state index contributed by atoms with van der Waals surface area (Å²) in [6, 6.07) is 0.522. The average molecular weight is 220 g/mol. The van der Waals surface area contributed by atoms with Crippen molar-refractivity contribution >= 4 is 11.6 Å². The number of hydrogen-bond donors (Lipinski definition) is 2. The minimum absolute atomic E-state index is 0.468. The van der Waals surface area contributed by atoms with Gasteiger partial charge in [-0.1, -0.05) is 13.8 Å². The van der Waals surface area contributed by atoms with Gasteiger partial charge in [-0.2, -0.15) is 0 Å². The van der Waals surface area contributed by atoms with Crippen molar-refractivity contribution in [3.8, 4) is 0 Å². The van der Waals surface area contributed by atoms with Crippen LogP contribution in [0.3, 0.4) is 0 Å². The van der Waals surface area contributed by atoms with Crippen LogP contribution in [0.25, 0.3) is 0 Å². The van der Waals surface area contributed by atoms with Gasteiger partial charge in [0.25, 0.3) is 0 Å². The molecule has 0 aliphatic heterocycles. The fourth-order valence-electron chi connectivity index (χ4n) is 2.48. The second-order valence-electron chi connectivity index (χ2n) is 4.97. The first-order valence-corrected chi connectivity index (χ1v) is 5.99. The molecule has 3 N–H and O–H groups in total. The van der Waals surface area contributed by atoms with Gasteiger partial charge < -0.3 is 11.1 Å². The van der Waals surface area contributed by atoms with Gasteiger partial charge in [-0.15, -0.1) is 0 Å². The Balaban J connectivity index is 1.96. The summed E-state index contributed by atoms with van der Waals surface area (Å²) in [5.74, 6) is 2.85. The molecule has 1 fully saturated rings. The standard InChI is InChI=1S/C12H20N4/c1-8-3-4-10(9(2)5-8)16-12-7-14-11(13)6-15-12/h6-10H,3-5H2,1-2H3,(H2,13,14)(H,15,16). The molecule has 16 heavy (non-hydrogen) atoms. The molecule has 1 aliphatic rings. The van der Waals surface area contributed by atoms with E-state index in [2.05, 4.69) is 29.1 Å². The maximum Gasteiger partial charge on any atom is 0.144 e. The van der Waals surface area contributed by atoms with Gasteiger partial charge in [0.2, 0.25) is 0 Å². The van der Waals surface area contributed by atoms with Gasteiger partial charge in [0.1, 0.15) is 11.6 Å². The highest BCUT2D eigenvalue weighted by molar-refractivity contribution is 5.37. The molecule has 1 aromatic rings. The Morgan fingerprint density at radius 1 is 1.25 bits per heavy atom. The van der Waals surface area contributed by atoms with Crippen LogP contribution < -0.4 is 11.1 Å². The Morgan fingerprint density at radius 2 is 2.06 bits per heavy atom. The number of nitrogens with two attached hydrogens (primary N) is 1. The summed E-state index contributed by atoms with van der Waals surface area (Å²) in [7, 11) is 0. The molecule has 0 spiro atoms. The van der Waals surface area contributed by atoms with Crippen LogP contribution in [0.15, 0.2) is 12.4 Å². The first kappa shape index (κ1) is 11.2. The van der Waals surface area contributed by atoms with E-state index in [1.54, 1.807) is 12.4 Å². The van der Waals surface area contributed by atoms with Crippen LogP contribution in [0.4, 0.5) is 11.6 Å². The Labute approximate surface area is 96.7 Å². The smallest absolute Gasteiger partial charge is 0.144 e. The third-order valence-corrected chi connectivity index (χ3v) is 3.44. The highest BCUT2D eigenvalue weighted by Gasteiger charge is 2.25. The zero-order valence-electron chi connectivity index (χ0n) is 9.98. The Bertz CT molecular complexity index is 335. The van der Waals surface area contributed by atoms with E-state index in [1.807, 2.05) is 0 Å². The predicted molar refractivity (Wildman–Crippen MR) is 66.0 cm³/mol. The minimum Gasteiger partial charge on any atom is -0.382 e. The lowest BCUT2D eigenvalue weighted by molar-refractivity contribution is 0.276. The molecular formula is C12H20N4. The number of hydrogen-bond acceptors (Lipinski definition) is 4. The fraction of sp³-hybridized carbons (Fsp3) is 0.667. The van der Waals surface area contributed by atoms with Crippen LogP contribution in [0, 0.1) is 11.8 Å². The lowest BCUT2D eigenvalue weighted by atomic mass is 9.80. The summed E-state index contributed by atoms with van der Waals surface area (Å²) < 4.78 is 0. The molecule has 3 unspecified atom stereocenters. The summed E-state index contributed by atoms with van der Waals surface area (Å²) in [6.07, 6.45) is 7.11. The van der Waals surface area contributed by atoms with Crippen LogP contribution in [-0.4, -0.2) is 16.0 Å². The number of nitrogens with zero attached hydrogens (tertiary/aromatic N) is 2. The third kappa shape index (κ3) is 2.62. The fourth-order valence-corrected chi connectivity index (χ4v) is 2.48. The molecular weight excluding hydrogens is 200 g/mol. The van der Waals surface area contributed by atoms with Crippen molar-refractivity contribution in [2.75, 3.05) is 11.1 Å². The molecule has 0 amide bonds. The summed E-state index contributed by atoms with van der Waals surface area (Å²) in [5.41, 5.74) is 5.50. The Morgan fingerprint density at radius 3 is 2.69 bits per heavy atom. The molecule has 1 aromatic heterocycles. The molecule has 88 valence electrons. The number of aromatic nitrogens is 2. The van der Waals surface area contributed by atoms with Crippen LogP contribution in [-0.2, 0) is 0 Å². The topological polar surface area (TPSA) is 63.8 Å². The molecule has 0 saturated heterocycles. The summed E-state index contributed by atoms with van der Waals surface area (Å²) in [4.78, 5) is 8.26. The highest BCUT2D eigenvalue weighted by Crippen LogP contribution is 2.30. The molecule has 3 atom stereocenters. The van der Waals surface area contributed by atoms with E-state index in [4.69, 9.17) is 5.73 Å². The van der Waals surface area contributed by atoms with Crippen LogP contribution in [0.5, 0.6) is 0 Å². The van der Waals surface area contributed by atoms with Gasteiger partial charge in [0.15, 0.2) is 0 Å². The van der Waals surface area contributed by atoms with E-state index in [9.17, 15) is 0 Å². The monoisotopic (exact) mass is 220 g/mol. The molecule has 1 heterocycles. The van der Waals surface area contributed by atoms with Gasteiger partial charge in [-0.05, 0) is 31.1 Å². The minimum atomic E-state index is 0.468. The van der Waals surface area contributed by atoms with E-state index in [0.29, 0.717) is 17.8 Å². The predicted octanol–water partition coefficient (Wildman–Crippen LogP) is 2.30. The van der Waals surface area contributed by atoms with Crippen molar-refractivity contribution in [1.29, 1.82) is 0 Å². The first-order valence-electron chi connectivity index (χ1n) is 5.99. The molecule has 1 aliphatic carbocycles. The zero-order valence-corrected chi connectivity index (χ0v) is 9.98. The van der Waals surface area contributed by atoms with Crippen molar-refractivity contribution in [1.82, 2.24) is 9.97 Å².